The molecule has 0 aromatic heterocycles. The number of benzene rings is 1. The predicted octanol–water partition coefficient (Wildman–Crippen LogP) is 1.72. The molecule has 1 aliphatic rings. The van der Waals surface area contributed by atoms with Gasteiger partial charge >= 0.3 is 0 Å². The van der Waals surface area contributed by atoms with Crippen molar-refractivity contribution >= 4 is 40.0 Å². The highest BCUT2D eigenvalue weighted by molar-refractivity contribution is 14.0. The van der Waals surface area contributed by atoms with Gasteiger partial charge in [-0.1, -0.05) is 12.1 Å². The summed E-state index contributed by atoms with van der Waals surface area (Å²) in [6.07, 6.45) is 0.730. The van der Waals surface area contributed by atoms with Gasteiger partial charge in [-0.2, -0.15) is 0 Å². The topological polar surface area (TPSA) is 103 Å². The first-order chi connectivity index (χ1) is 13.8. The van der Waals surface area contributed by atoms with Crippen LogP contribution in [-0.2, 0) is 10.0 Å². The first-order valence-corrected chi connectivity index (χ1v) is 11.8. The van der Waals surface area contributed by atoms with Crippen LogP contribution in [0.1, 0.15) is 32.3 Å². The first kappa shape index (κ1) is 26.9. The van der Waals surface area contributed by atoms with Gasteiger partial charge in [0.1, 0.15) is 18.5 Å². The van der Waals surface area contributed by atoms with Gasteiger partial charge in [-0.15, -0.1) is 24.0 Å². The summed E-state index contributed by atoms with van der Waals surface area (Å²) in [6.45, 7) is 7.74. The van der Waals surface area contributed by atoms with Crippen molar-refractivity contribution in [1.82, 2.24) is 14.9 Å². The van der Waals surface area contributed by atoms with Crippen LogP contribution < -0.4 is 15.4 Å². The van der Waals surface area contributed by atoms with Crippen LogP contribution >= 0.6 is 24.0 Å². The van der Waals surface area contributed by atoms with E-state index in [0.717, 1.165) is 24.2 Å². The lowest BCUT2D eigenvalue weighted by Gasteiger charge is -2.32. The summed E-state index contributed by atoms with van der Waals surface area (Å²) in [5.74, 6) is 1.49. The van der Waals surface area contributed by atoms with E-state index in [2.05, 4.69) is 15.6 Å². The second kappa shape index (κ2) is 13.3. The fourth-order valence-electron chi connectivity index (χ4n) is 3.12. The highest BCUT2D eigenvalue weighted by atomic mass is 127. The van der Waals surface area contributed by atoms with Crippen molar-refractivity contribution in [1.29, 1.82) is 0 Å². The third kappa shape index (κ3) is 8.94. The number of hydrogen-bond acceptors (Lipinski definition) is 5. The number of piperidine rings is 1. The number of halogens is 1. The fourth-order valence-corrected chi connectivity index (χ4v) is 4.25. The Labute approximate surface area is 197 Å². The lowest BCUT2D eigenvalue weighted by molar-refractivity contribution is 0.114. The van der Waals surface area contributed by atoms with Crippen LogP contribution in [0.15, 0.2) is 29.3 Å². The molecule has 30 heavy (non-hydrogen) atoms. The highest BCUT2D eigenvalue weighted by Crippen LogP contribution is 2.15. The van der Waals surface area contributed by atoms with Crippen LogP contribution in [-0.4, -0.2) is 74.5 Å². The summed E-state index contributed by atoms with van der Waals surface area (Å²) in [4.78, 5) is 4.45. The summed E-state index contributed by atoms with van der Waals surface area (Å²) in [6, 6.07) is 7.84. The van der Waals surface area contributed by atoms with E-state index >= 15 is 0 Å². The zero-order valence-corrected chi connectivity index (χ0v) is 21.2. The molecule has 1 saturated heterocycles. The molecule has 0 aliphatic carbocycles. The van der Waals surface area contributed by atoms with E-state index < -0.39 is 16.1 Å². The molecule has 0 saturated carbocycles. The number of nitrogens with zero attached hydrogens (tertiary/aromatic N) is 2. The molecule has 0 amide bonds. The number of aliphatic hydroxyl groups excluding tert-OH is 1. The molecular weight excluding hydrogens is 519 g/mol. The van der Waals surface area contributed by atoms with Gasteiger partial charge in [-0.05, 0) is 51.3 Å². The summed E-state index contributed by atoms with van der Waals surface area (Å²) in [5, 5.41) is 16.7. The van der Waals surface area contributed by atoms with E-state index in [1.54, 1.807) is 11.2 Å². The van der Waals surface area contributed by atoms with Crippen LogP contribution in [0, 0.1) is 6.92 Å². The molecular formula is C20H35IN4O4S. The molecule has 1 unspecified atom stereocenters. The number of aliphatic imine (C=N–C) groups is 1. The highest BCUT2D eigenvalue weighted by Gasteiger charge is 2.27. The standard InChI is InChI=1S/C20H34N4O4S.HI/c1-4-21-20(23-17-9-11-24(12-10-17)29(26,27)5-2)22-14-18(25)15-28-19-8-6-7-16(3)13-19;/h6-8,13,17-18,25H,4-5,9-12,14-15H2,1-3H3,(H2,21,22,23);1H. The molecule has 1 aromatic rings. The maximum Gasteiger partial charge on any atom is 0.213 e. The Hall–Kier alpha value is -1.11. The monoisotopic (exact) mass is 554 g/mol. The summed E-state index contributed by atoms with van der Waals surface area (Å²) >= 11 is 0. The molecule has 1 heterocycles. The third-order valence-electron chi connectivity index (χ3n) is 4.79. The van der Waals surface area contributed by atoms with Crippen molar-refractivity contribution in [3.05, 3.63) is 29.8 Å². The summed E-state index contributed by atoms with van der Waals surface area (Å²) in [7, 11) is -3.12. The second-order valence-electron chi connectivity index (χ2n) is 7.22. The van der Waals surface area contributed by atoms with E-state index in [1.165, 1.54) is 0 Å². The summed E-state index contributed by atoms with van der Waals surface area (Å²) < 4.78 is 31.1. The number of sulfonamides is 1. The number of ether oxygens (including phenoxy) is 1. The van der Waals surface area contributed by atoms with E-state index in [1.807, 2.05) is 38.1 Å². The molecule has 1 aromatic carbocycles. The van der Waals surface area contributed by atoms with Crippen LogP contribution in [0.25, 0.3) is 0 Å². The molecule has 8 nitrogen and oxygen atoms in total. The van der Waals surface area contributed by atoms with Crippen LogP contribution in [0.3, 0.4) is 0 Å². The van der Waals surface area contributed by atoms with Gasteiger partial charge in [0.2, 0.25) is 10.0 Å². The fraction of sp³-hybridized carbons (Fsp3) is 0.650. The van der Waals surface area contributed by atoms with Crippen molar-refractivity contribution in [3.8, 4) is 5.75 Å². The van der Waals surface area contributed by atoms with Gasteiger partial charge in [0.25, 0.3) is 0 Å². The molecule has 0 spiro atoms. The van der Waals surface area contributed by atoms with Crippen molar-refractivity contribution in [2.75, 3.05) is 38.5 Å². The molecule has 1 aliphatic heterocycles. The predicted molar refractivity (Wildman–Crippen MR) is 131 cm³/mol. The van der Waals surface area contributed by atoms with Crippen molar-refractivity contribution in [2.45, 2.75) is 45.8 Å². The van der Waals surface area contributed by atoms with E-state index in [0.29, 0.717) is 25.6 Å². The Morgan fingerprint density at radius 2 is 2.03 bits per heavy atom. The molecule has 1 atom stereocenters. The van der Waals surface area contributed by atoms with Gasteiger partial charge in [0.15, 0.2) is 5.96 Å². The quantitative estimate of drug-likeness (QED) is 0.244. The third-order valence-corrected chi connectivity index (χ3v) is 6.67. The van der Waals surface area contributed by atoms with E-state index in [4.69, 9.17) is 4.74 Å². The Balaban J connectivity index is 0.00000450. The van der Waals surface area contributed by atoms with Gasteiger partial charge in [0.05, 0.1) is 12.3 Å². The molecule has 172 valence electrons. The van der Waals surface area contributed by atoms with Crippen LogP contribution in [0.4, 0.5) is 0 Å². The SMILES string of the molecule is CCNC(=NCC(O)COc1cccc(C)c1)NC1CCN(S(=O)(=O)CC)CC1.I. The number of guanidine groups is 1. The Bertz CT molecular complexity index is 768. The molecule has 10 heteroatoms. The zero-order valence-electron chi connectivity index (χ0n) is 18.0. The van der Waals surface area contributed by atoms with Crippen molar-refractivity contribution in [3.63, 3.8) is 0 Å². The minimum absolute atomic E-state index is 0. The molecule has 0 bridgehead atoms. The van der Waals surface area contributed by atoms with Crippen LogP contribution in [0.5, 0.6) is 5.75 Å². The van der Waals surface area contributed by atoms with Gasteiger partial charge in [-0.3, -0.25) is 4.99 Å². The van der Waals surface area contributed by atoms with E-state index in [-0.39, 0.29) is 48.9 Å². The van der Waals surface area contributed by atoms with Crippen molar-refractivity contribution in [2.24, 2.45) is 4.99 Å². The Morgan fingerprint density at radius 1 is 1.33 bits per heavy atom. The summed E-state index contributed by atoms with van der Waals surface area (Å²) in [5.41, 5.74) is 1.10. The zero-order chi connectivity index (χ0) is 21.3. The lowest BCUT2D eigenvalue weighted by atomic mass is 10.1. The normalized spacial score (nSPS) is 17.1. The van der Waals surface area contributed by atoms with Gasteiger partial charge in [0, 0.05) is 25.7 Å². The molecule has 2 rings (SSSR count). The van der Waals surface area contributed by atoms with Crippen molar-refractivity contribution < 1.29 is 18.3 Å². The molecule has 0 radical (unpaired) electrons. The maximum atomic E-state index is 12.0. The number of aryl methyl sites for hydroxylation is 1. The van der Waals surface area contributed by atoms with Crippen LogP contribution in [0.2, 0.25) is 0 Å². The minimum Gasteiger partial charge on any atom is -0.491 e. The number of hydrogen-bond donors (Lipinski definition) is 3. The largest absolute Gasteiger partial charge is 0.491 e. The van der Waals surface area contributed by atoms with Gasteiger partial charge in [-0.25, -0.2) is 12.7 Å². The van der Waals surface area contributed by atoms with E-state index in [9.17, 15) is 13.5 Å². The second-order valence-corrected chi connectivity index (χ2v) is 9.48. The Kier molecular flexibility index (Phi) is 12.0. The average molecular weight is 554 g/mol. The minimum atomic E-state index is -3.12. The lowest BCUT2D eigenvalue weighted by Crippen LogP contribution is -2.50. The number of aliphatic hydroxyl groups is 1. The number of nitrogens with one attached hydrogen (secondary N) is 2. The first-order valence-electron chi connectivity index (χ1n) is 10.2. The number of rotatable bonds is 9. The smallest absolute Gasteiger partial charge is 0.213 e. The maximum absolute atomic E-state index is 12.0. The molecule has 3 N–H and O–H groups in total. The average Bonchev–Trinajstić information content (AvgIpc) is 2.71. The van der Waals surface area contributed by atoms with Gasteiger partial charge < -0.3 is 20.5 Å². The molecule has 1 fully saturated rings. The Morgan fingerprint density at radius 3 is 2.63 bits per heavy atom.